The molecule has 0 amide bonds. The van der Waals surface area contributed by atoms with Crippen molar-refractivity contribution in [3.8, 4) is 5.75 Å². The van der Waals surface area contributed by atoms with Crippen LogP contribution >= 0.6 is 11.8 Å². The second-order valence-corrected chi connectivity index (χ2v) is 6.19. The lowest BCUT2D eigenvalue weighted by Crippen LogP contribution is -1.98. The topological polar surface area (TPSA) is 88.6 Å². The van der Waals surface area contributed by atoms with Crippen molar-refractivity contribution in [2.45, 2.75) is 10.1 Å². The Labute approximate surface area is 147 Å². The van der Waals surface area contributed by atoms with Gasteiger partial charge in [0.2, 0.25) is 5.16 Å². The number of fused-ring (bicyclic) bond motifs is 1. The Balaban J connectivity index is 1.57. The predicted octanol–water partition coefficient (Wildman–Crippen LogP) is 3.65. The molecule has 0 saturated heterocycles. The molecule has 4 rings (SSSR count). The summed E-state index contributed by atoms with van der Waals surface area (Å²) in [5.41, 5.74) is 0.956. The molecule has 2 heterocycles. The highest BCUT2D eigenvalue weighted by molar-refractivity contribution is 7.99. The average molecular weight is 350 g/mol. The van der Waals surface area contributed by atoms with Crippen molar-refractivity contribution in [3.05, 3.63) is 54.7 Å². The number of hydrogen-bond donors (Lipinski definition) is 2. The fourth-order valence-corrected chi connectivity index (χ4v) is 3.11. The second-order valence-electron chi connectivity index (χ2n) is 5.15. The Morgan fingerprint density at radius 1 is 1.12 bits per heavy atom. The molecule has 2 aromatic heterocycles. The summed E-state index contributed by atoms with van der Waals surface area (Å²) >= 11 is 1.41. The van der Waals surface area contributed by atoms with Crippen molar-refractivity contribution in [2.75, 3.05) is 12.4 Å². The van der Waals surface area contributed by atoms with Gasteiger partial charge in [0, 0.05) is 10.3 Å². The molecule has 0 aliphatic rings. The molecule has 25 heavy (non-hydrogen) atoms. The third-order valence-electron chi connectivity index (χ3n) is 3.51. The van der Waals surface area contributed by atoms with Crippen molar-refractivity contribution in [1.82, 2.24) is 25.4 Å². The van der Waals surface area contributed by atoms with Gasteiger partial charge in [-0.3, -0.25) is 5.10 Å². The molecule has 2 N–H and O–H groups in total. The van der Waals surface area contributed by atoms with Crippen LogP contribution in [-0.2, 0) is 0 Å². The maximum absolute atomic E-state index is 5.23. The molecule has 0 bridgehead atoms. The normalized spacial score (nSPS) is 10.8. The maximum atomic E-state index is 5.23. The highest BCUT2D eigenvalue weighted by Gasteiger charge is 2.08. The molecule has 7 nitrogen and oxygen atoms in total. The van der Waals surface area contributed by atoms with Gasteiger partial charge in [-0.05, 0) is 42.1 Å². The van der Waals surface area contributed by atoms with Gasteiger partial charge in [0.25, 0.3) is 0 Å². The molecule has 0 aliphatic heterocycles. The van der Waals surface area contributed by atoms with Crippen LogP contribution in [0.2, 0.25) is 0 Å². The molecular formula is C17H14N6OS. The lowest BCUT2D eigenvalue weighted by atomic mass is 10.2. The van der Waals surface area contributed by atoms with Crippen molar-refractivity contribution < 1.29 is 4.74 Å². The summed E-state index contributed by atoms with van der Waals surface area (Å²) in [7, 11) is 1.64. The fraction of sp³-hybridized carbons (Fsp3) is 0.0588. The predicted molar refractivity (Wildman–Crippen MR) is 96.3 cm³/mol. The number of hydrogen-bond acceptors (Lipinski definition) is 7. The Morgan fingerprint density at radius 3 is 2.96 bits per heavy atom. The summed E-state index contributed by atoms with van der Waals surface area (Å²) < 4.78 is 5.23. The standard InChI is InChI=1S/C17H14N6OS/c1-24-11-5-4-6-12(9-11)25-17-20-15(10-18-23-17)19-16-13-7-2-3-8-14(13)21-22-16/h2-10H,1H3,(H2,19,20,21,22,23). The van der Waals surface area contributed by atoms with Crippen molar-refractivity contribution in [1.29, 1.82) is 0 Å². The number of rotatable bonds is 5. The molecule has 124 valence electrons. The van der Waals surface area contributed by atoms with Crippen LogP contribution in [0, 0.1) is 0 Å². The van der Waals surface area contributed by atoms with Gasteiger partial charge in [0.15, 0.2) is 11.6 Å². The number of nitrogens with zero attached hydrogens (tertiary/aromatic N) is 4. The summed E-state index contributed by atoms with van der Waals surface area (Å²) in [5.74, 6) is 2.07. The molecule has 0 spiro atoms. The molecule has 0 radical (unpaired) electrons. The molecule has 0 unspecified atom stereocenters. The van der Waals surface area contributed by atoms with E-state index in [1.54, 1.807) is 13.3 Å². The quantitative estimate of drug-likeness (QED) is 0.568. The Bertz CT molecular complexity index is 1020. The lowest BCUT2D eigenvalue weighted by molar-refractivity contribution is 0.413. The molecule has 0 atom stereocenters. The van der Waals surface area contributed by atoms with Crippen LogP contribution in [0.3, 0.4) is 0 Å². The second kappa shape index (κ2) is 6.78. The van der Waals surface area contributed by atoms with E-state index in [-0.39, 0.29) is 0 Å². The van der Waals surface area contributed by atoms with E-state index in [1.807, 2.05) is 48.5 Å². The minimum atomic E-state index is 0.540. The zero-order valence-corrected chi connectivity index (χ0v) is 14.1. The molecular weight excluding hydrogens is 336 g/mol. The van der Waals surface area contributed by atoms with Gasteiger partial charge < -0.3 is 10.1 Å². The van der Waals surface area contributed by atoms with Crippen molar-refractivity contribution in [2.24, 2.45) is 0 Å². The van der Waals surface area contributed by atoms with E-state index in [9.17, 15) is 0 Å². The van der Waals surface area contributed by atoms with E-state index in [1.165, 1.54) is 11.8 Å². The van der Waals surface area contributed by atoms with Crippen LogP contribution in [0.1, 0.15) is 0 Å². The van der Waals surface area contributed by atoms with Crippen LogP contribution in [-0.4, -0.2) is 32.5 Å². The number of benzene rings is 2. The van der Waals surface area contributed by atoms with Crippen molar-refractivity contribution in [3.63, 3.8) is 0 Å². The maximum Gasteiger partial charge on any atom is 0.215 e. The minimum absolute atomic E-state index is 0.540. The minimum Gasteiger partial charge on any atom is -0.497 e. The third-order valence-corrected chi connectivity index (χ3v) is 4.35. The molecule has 4 aromatic rings. The zero-order chi connectivity index (χ0) is 17.1. The summed E-state index contributed by atoms with van der Waals surface area (Å²) in [4.78, 5) is 5.46. The number of para-hydroxylation sites is 1. The van der Waals surface area contributed by atoms with Gasteiger partial charge in [-0.25, -0.2) is 4.98 Å². The van der Waals surface area contributed by atoms with Gasteiger partial charge in [-0.2, -0.15) is 10.2 Å². The summed E-state index contributed by atoms with van der Waals surface area (Å²) in [6.07, 6.45) is 1.57. The number of H-pyrrole nitrogens is 1. The number of nitrogens with one attached hydrogen (secondary N) is 2. The Hall–Kier alpha value is -3.13. The van der Waals surface area contributed by atoms with Gasteiger partial charge in [-0.1, -0.05) is 18.2 Å². The molecule has 0 aliphatic carbocycles. The first kappa shape index (κ1) is 15.4. The van der Waals surface area contributed by atoms with Crippen LogP contribution in [0.4, 0.5) is 11.6 Å². The van der Waals surface area contributed by atoms with Crippen LogP contribution < -0.4 is 10.1 Å². The molecule has 8 heteroatoms. The average Bonchev–Trinajstić information content (AvgIpc) is 3.05. The smallest absolute Gasteiger partial charge is 0.215 e. The molecule has 0 fully saturated rings. The summed E-state index contributed by atoms with van der Waals surface area (Å²) in [5, 5.41) is 20.1. The SMILES string of the molecule is COc1cccc(Sc2nncc(Nc3n[nH]c4ccccc34)n2)c1. The first-order valence-electron chi connectivity index (χ1n) is 7.53. The molecule has 0 saturated carbocycles. The largest absolute Gasteiger partial charge is 0.497 e. The van der Waals surface area contributed by atoms with Crippen molar-refractivity contribution >= 4 is 34.3 Å². The van der Waals surface area contributed by atoms with Crippen LogP contribution in [0.25, 0.3) is 10.9 Å². The Kier molecular flexibility index (Phi) is 4.17. The van der Waals surface area contributed by atoms with Gasteiger partial charge >= 0.3 is 0 Å². The van der Waals surface area contributed by atoms with Gasteiger partial charge in [0.1, 0.15) is 5.75 Å². The van der Waals surface area contributed by atoms with E-state index in [4.69, 9.17) is 4.74 Å². The molecule has 2 aromatic carbocycles. The summed E-state index contributed by atoms with van der Waals surface area (Å²) in [6, 6.07) is 15.6. The van der Waals surface area contributed by atoms with E-state index in [0.29, 0.717) is 16.8 Å². The number of aromatic amines is 1. The summed E-state index contributed by atoms with van der Waals surface area (Å²) in [6.45, 7) is 0. The fourth-order valence-electron chi connectivity index (χ4n) is 2.34. The Morgan fingerprint density at radius 2 is 2.04 bits per heavy atom. The highest BCUT2D eigenvalue weighted by Crippen LogP contribution is 2.28. The number of anilines is 2. The van der Waals surface area contributed by atoms with Crippen LogP contribution in [0.5, 0.6) is 5.75 Å². The number of ether oxygens (including phenoxy) is 1. The van der Waals surface area contributed by atoms with Crippen LogP contribution in [0.15, 0.2) is 64.8 Å². The first-order valence-corrected chi connectivity index (χ1v) is 8.35. The third kappa shape index (κ3) is 3.38. The van der Waals surface area contributed by atoms with E-state index < -0.39 is 0 Å². The highest BCUT2D eigenvalue weighted by atomic mass is 32.2. The van der Waals surface area contributed by atoms with E-state index >= 15 is 0 Å². The van der Waals surface area contributed by atoms with Gasteiger partial charge in [-0.15, -0.1) is 5.10 Å². The number of methoxy groups -OCH3 is 1. The monoisotopic (exact) mass is 350 g/mol. The number of aromatic nitrogens is 5. The van der Waals surface area contributed by atoms with Gasteiger partial charge in [0.05, 0.1) is 18.8 Å². The van der Waals surface area contributed by atoms with E-state index in [2.05, 4.69) is 30.7 Å². The lowest BCUT2D eigenvalue weighted by Gasteiger charge is -2.05. The zero-order valence-electron chi connectivity index (χ0n) is 13.3. The first-order chi connectivity index (χ1) is 12.3. The van der Waals surface area contributed by atoms with E-state index in [0.717, 1.165) is 21.5 Å².